The van der Waals surface area contributed by atoms with Crippen LogP contribution < -0.4 is 10.9 Å². The van der Waals surface area contributed by atoms with Gasteiger partial charge in [0.2, 0.25) is 0 Å². The Morgan fingerprint density at radius 3 is 3.06 bits per heavy atom. The van der Waals surface area contributed by atoms with Crippen molar-refractivity contribution >= 4 is 21.6 Å². The third-order valence-electron chi connectivity index (χ3n) is 3.08. The van der Waals surface area contributed by atoms with Crippen molar-refractivity contribution in [3.8, 4) is 0 Å². The summed E-state index contributed by atoms with van der Waals surface area (Å²) in [5.41, 5.74) is 0.530. The summed E-state index contributed by atoms with van der Waals surface area (Å²) < 4.78 is 1.74. The molecule has 0 amide bonds. The highest BCUT2D eigenvalue weighted by Crippen LogP contribution is 2.36. The molecule has 17 heavy (non-hydrogen) atoms. The van der Waals surface area contributed by atoms with E-state index < -0.39 is 0 Å². The van der Waals surface area contributed by atoms with Gasteiger partial charge < -0.3 is 10.4 Å². The van der Waals surface area contributed by atoms with Crippen molar-refractivity contribution in [3.05, 3.63) is 21.0 Å². The number of hydrogen-bond acceptors (Lipinski definition) is 4. The Morgan fingerprint density at radius 2 is 2.47 bits per heavy atom. The van der Waals surface area contributed by atoms with E-state index in [1.54, 1.807) is 6.20 Å². The van der Waals surface area contributed by atoms with Crippen LogP contribution in [0.4, 0.5) is 5.69 Å². The fraction of sp³-hybridized carbons (Fsp3) is 0.636. The molecule has 1 saturated carbocycles. The zero-order chi connectivity index (χ0) is 12.4. The summed E-state index contributed by atoms with van der Waals surface area (Å²) in [7, 11) is 0. The van der Waals surface area contributed by atoms with Crippen LogP contribution in [0.15, 0.2) is 15.5 Å². The fourth-order valence-corrected chi connectivity index (χ4v) is 2.32. The topological polar surface area (TPSA) is 67.2 Å². The summed E-state index contributed by atoms with van der Waals surface area (Å²) in [5.74, 6) is 0.710. The van der Waals surface area contributed by atoms with Crippen LogP contribution in [-0.4, -0.2) is 27.5 Å². The van der Waals surface area contributed by atoms with Crippen molar-refractivity contribution < 1.29 is 5.11 Å². The molecule has 0 radical (unpaired) electrons. The molecule has 2 unspecified atom stereocenters. The van der Waals surface area contributed by atoms with Crippen molar-refractivity contribution in [1.29, 1.82) is 0 Å². The van der Waals surface area contributed by atoms with Crippen molar-refractivity contribution in [3.63, 3.8) is 0 Å². The Morgan fingerprint density at radius 1 is 1.71 bits per heavy atom. The molecule has 0 aliphatic heterocycles. The van der Waals surface area contributed by atoms with Crippen LogP contribution in [-0.2, 0) is 6.54 Å². The maximum absolute atomic E-state index is 11.8. The first-order valence-electron chi connectivity index (χ1n) is 5.80. The molecular weight excluding hydrogens is 286 g/mol. The van der Waals surface area contributed by atoms with Gasteiger partial charge in [0.15, 0.2) is 0 Å². The Kier molecular flexibility index (Phi) is 3.83. The first-order chi connectivity index (χ1) is 8.17. The van der Waals surface area contributed by atoms with Gasteiger partial charge in [-0.25, -0.2) is 4.68 Å². The lowest BCUT2D eigenvalue weighted by atomic mass is 10.3. The van der Waals surface area contributed by atoms with Crippen molar-refractivity contribution in [1.82, 2.24) is 9.78 Å². The van der Waals surface area contributed by atoms with Gasteiger partial charge in [0.05, 0.1) is 25.0 Å². The van der Waals surface area contributed by atoms with Crippen molar-refractivity contribution in [2.24, 2.45) is 5.92 Å². The van der Waals surface area contributed by atoms with Gasteiger partial charge in [-0.05, 0) is 28.3 Å². The number of nitrogens with one attached hydrogen (secondary N) is 1. The Bertz CT molecular complexity index is 461. The van der Waals surface area contributed by atoms with Gasteiger partial charge in [0, 0.05) is 6.04 Å². The van der Waals surface area contributed by atoms with Gasteiger partial charge in [-0.1, -0.05) is 13.3 Å². The minimum atomic E-state index is -0.210. The third kappa shape index (κ3) is 2.69. The first-order valence-corrected chi connectivity index (χ1v) is 6.59. The highest BCUT2D eigenvalue weighted by molar-refractivity contribution is 9.10. The lowest BCUT2D eigenvalue weighted by molar-refractivity contribution is 0.266. The van der Waals surface area contributed by atoms with Crippen LogP contribution in [0.5, 0.6) is 0 Å². The lowest BCUT2D eigenvalue weighted by Crippen LogP contribution is -2.26. The van der Waals surface area contributed by atoms with Gasteiger partial charge in [-0.15, -0.1) is 0 Å². The molecule has 1 aliphatic carbocycles. The molecule has 1 aromatic rings. The highest BCUT2D eigenvalue weighted by atomic mass is 79.9. The number of hydrogen-bond donors (Lipinski definition) is 2. The molecule has 1 heterocycles. The van der Waals surface area contributed by atoms with Crippen LogP contribution in [0.1, 0.15) is 19.8 Å². The molecule has 94 valence electrons. The van der Waals surface area contributed by atoms with E-state index in [4.69, 9.17) is 5.11 Å². The summed E-state index contributed by atoms with van der Waals surface area (Å²) in [4.78, 5) is 11.8. The minimum Gasteiger partial charge on any atom is -0.394 e. The number of rotatable bonds is 5. The molecule has 0 aromatic carbocycles. The zero-order valence-corrected chi connectivity index (χ0v) is 11.3. The smallest absolute Gasteiger partial charge is 0.283 e. The largest absolute Gasteiger partial charge is 0.394 e. The second kappa shape index (κ2) is 5.18. The maximum atomic E-state index is 11.8. The summed E-state index contributed by atoms with van der Waals surface area (Å²) in [6.07, 6.45) is 3.94. The predicted molar refractivity (Wildman–Crippen MR) is 69.1 cm³/mol. The number of aliphatic hydroxyl groups is 1. The summed E-state index contributed by atoms with van der Waals surface area (Å²) >= 11 is 3.28. The van der Waals surface area contributed by atoms with Gasteiger partial charge in [0.25, 0.3) is 5.56 Å². The van der Waals surface area contributed by atoms with Crippen LogP contribution in [0, 0.1) is 5.92 Å². The lowest BCUT2D eigenvalue weighted by Gasteiger charge is -2.09. The predicted octanol–water partition coefficient (Wildman–Crippen LogP) is 1.21. The molecule has 5 nitrogen and oxygen atoms in total. The van der Waals surface area contributed by atoms with Crippen molar-refractivity contribution in [2.45, 2.75) is 32.4 Å². The van der Waals surface area contributed by atoms with E-state index in [0.717, 1.165) is 18.5 Å². The monoisotopic (exact) mass is 301 g/mol. The fourth-order valence-electron chi connectivity index (χ4n) is 1.89. The number of anilines is 1. The van der Waals surface area contributed by atoms with E-state index >= 15 is 0 Å². The molecular formula is C11H16BrN3O2. The van der Waals surface area contributed by atoms with Crippen LogP contribution in [0.3, 0.4) is 0 Å². The average Bonchev–Trinajstić information content (AvgIpc) is 3.07. The quantitative estimate of drug-likeness (QED) is 0.858. The van der Waals surface area contributed by atoms with Gasteiger partial charge >= 0.3 is 0 Å². The molecule has 1 aromatic heterocycles. The van der Waals surface area contributed by atoms with Crippen LogP contribution in [0.2, 0.25) is 0 Å². The highest BCUT2D eigenvalue weighted by Gasteiger charge is 2.35. The van der Waals surface area contributed by atoms with Gasteiger partial charge in [-0.2, -0.15) is 5.10 Å². The first kappa shape index (κ1) is 12.6. The molecule has 1 fully saturated rings. The van der Waals surface area contributed by atoms with E-state index in [0.29, 0.717) is 16.4 Å². The third-order valence-corrected chi connectivity index (χ3v) is 3.85. The molecule has 2 rings (SSSR count). The average molecular weight is 302 g/mol. The van der Waals surface area contributed by atoms with E-state index in [1.165, 1.54) is 4.68 Å². The molecule has 0 saturated heterocycles. The van der Waals surface area contributed by atoms with Crippen LogP contribution >= 0.6 is 15.9 Å². The Labute approximate surface area is 108 Å². The summed E-state index contributed by atoms with van der Waals surface area (Å²) in [6.45, 7) is 2.30. The zero-order valence-electron chi connectivity index (χ0n) is 9.69. The van der Waals surface area contributed by atoms with E-state index in [-0.39, 0.29) is 18.7 Å². The Hall–Kier alpha value is -0.880. The van der Waals surface area contributed by atoms with E-state index in [2.05, 4.69) is 33.3 Å². The standard InChI is InChI=1S/C11H16BrN3O2/c1-2-7-5-8(7)14-9-6-13-15(3-4-16)11(17)10(9)12/h6-8,14,16H,2-5H2,1H3. The molecule has 6 heteroatoms. The molecule has 1 aliphatic rings. The Balaban J connectivity index is 2.14. The van der Waals surface area contributed by atoms with Gasteiger partial charge in [0.1, 0.15) is 4.47 Å². The van der Waals surface area contributed by atoms with Gasteiger partial charge in [-0.3, -0.25) is 4.79 Å². The van der Waals surface area contributed by atoms with Crippen LogP contribution in [0.25, 0.3) is 0 Å². The van der Waals surface area contributed by atoms with E-state index in [9.17, 15) is 4.79 Å². The maximum Gasteiger partial charge on any atom is 0.283 e. The second-order valence-corrected chi connectivity index (χ2v) is 5.07. The number of nitrogens with zero attached hydrogens (tertiary/aromatic N) is 2. The number of aromatic nitrogens is 2. The summed E-state index contributed by atoms with van der Waals surface area (Å²) in [6, 6.07) is 0.464. The van der Waals surface area contributed by atoms with E-state index in [1.807, 2.05) is 0 Å². The SMILES string of the molecule is CCC1CC1Nc1cnn(CCO)c(=O)c1Br. The van der Waals surface area contributed by atoms with Crippen molar-refractivity contribution in [2.75, 3.05) is 11.9 Å². The number of halogens is 1. The molecule has 0 spiro atoms. The molecule has 2 N–H and O–H groups in total. The summed E-state index contributed by atoms with van der Waals surface area (Å²) in [5, 5.41) is 16.1. The molecule has 0 bridgehead atoms. The second-order valence-electron chi connectivity index (χ2n) is 4.28. The minimum absolute atomic E-state index is 0.0906. The normalized spacial score (nSPS) is 22.5. The number of aliphatic hydroxyl groups excluding tert-OH is 1. The molecule has 2 atom stereocenters.